The van der Waals surface area contributed by atoms with Crippen LogP contribution in [0.3, 0.4) is 0 Å². The lowest BCUT2D eigenvalue weighted by atomic mass is 10.1. The molecule has 7 nitrogen and oxygen atoms in total. The molecule has 0 heterocycles. The van der Waals surface area contributed by atoms with Crippen molar-refractivity contribution in [3.63, 3.8) is 0 Å². The number of methoxy groups -OCH3 is 1. The van der Waals surface area contributed by atoms with Crippen LogP contribution in [-0.2, 0) is 14.9 Å². The third-order valence-corrected chi connectivity index (χ3v) is 6.50. The number of nitrogens with one attached hydrogen (secondary N) is 1. The summed E-state index contributed by atoms with van der Waals surface area (Å²) < 4.78 is 36.3. The Kier molecular flexibility index (Phi) is 7.73. The number of ether oxygens (including phenoxy) is 1. The third-order valence-electron chi connectivity index (χ3n) is 4.46. The molecule has 0 radical (unpaired) electrons. The van der Waals surface area contributed by atoms with E-state index in [1.807, 2.05) is 47.7 Å². The van der Waals surface area contributed by atoms with Crippen LogP contribution in [0.2, 0.25) is 0 Å². The van der Waals surface area contributed by atoms with Crippen LogP contribution >= 0.6 is 22.6 Å². The first-order chi connectivity index (χ1) is 15.7. The molecule has 0 aliphatic rings. The highest BCUT2D eigenvalue weighted by molar-refractivity contribution is 14.1. The predicted molar refractivity (Wildman–Crippen MR) is 133 cm³/mol. The first-order valence-corrected chi connectivity index (χ1v) is 12.1. The molecule has 0 spiro atoms. The van der Waals surface area contributed by atoms with Crippen molar-refractivity contribution in [3.8, 4) is 17.6 Å². The molecular weight excluding hydrogens is 555 g/mol. The average molecular weight is 574 g/mol. The predicted octanol–water partition coefficient (Wildman–Crippen LogP) is 4.92. The molecule has 0 aliphatic carbocycles. The maximum Gasteiger partial charge on any atom is 0.339 e. The number of benzene rings is 3. The van der Waals surface area contributed by atoms with Crippen LogP contribution in [-0.4, -0.2) is 21.4 Å². The Morgan fingerprint density at radius 3 is 2.36 bits per heavy atom. The van der Waals surface area contributed by atoms with Gasteiger partial charge < -0.3 is 14.2 Å². The van der Waals surface area contributed by atoms with Gasteiger partial charge in [-0.05, 0) is 77.6 Å². The van der Waals surface area contributed by atoms with Crippen LogP contribution in [0.1, 0.15) is 11.1 Å². The molecule has 0 bridgehead atoms. The van der Waals surface area contributed by atoms with Gasteiger partial charge in [-0.3, -0.25) is 4.79 Å². The van der Waals surface area contributed by atoms with E-state index in [2.05, 4.69) is 5.32 Å². The first-order valence-electron chi connectivity index (χ1n) is 9.60. The van der Waals surface area contributed by atoms with Crippen molar-refractivity contribution in [3.05, 3.63) is 87.0 Å². The second kappa shape index (κ2) is 10.5. The summed E-state index contributed by atoms with van der Waals surface area (Å²) in [5.74, 6) is -0.409. The van der Waals surface area contributed by atoms with Gasteiger partial charge >= 0.3 is 10.1 Å². The van der Waals surface area contributed by atoms with E-state index >= 15 is 0 Å². The molecule has 3 aromatic rings. The normalized spacial score (nSPS) is 11.4. The number of carbonyl (C=O) groups excluding carboxylic acids is 1. The molecule has 3 aromatic carbocycles. The minimum Gasteiger partial charge on any atom is -0.493 e. The van der Waals surface area contributed by atoms with E-state index in [0.717, 1.165) is 5.56 Å². The molecule has 9 heteroatoms. The van der Waals surface area contributed by atoms with Crippen LogP contribution in [0.4, 0.5) is 5.69 Å². The summed E-state index contributed by atoms with van der Waals surface area (Å²) in [5, 5.41) is 12.2. The van der Waals surface area contributed by atoms with Crippen molar-refractivity contribution in [2.75, 3.05) is 12.4 Å². The van der Waals surface area contributed by atoms with E-state index in [1.54, 1.807) is 36.4 Å². The van der Waals surface area contributed by atoms with Gasteiger partial charge in [-0.2, -0.15) is 13.7 Å². The van der Waals surface area contributed by atoms with Crippen LogP contribution in [0.5, 0.6) is 11.5 Å². The molecule has 0 atom stereocenters. The van der Waals surface area contributed by atoms with Crippen molar-refractivity contribution >= 4 is 50.4 Å². The van der Waals surface area contributed by atoms with E-state index in [0.29, 0.717) is 14.8 Å². The smallest absolute Gasteiger partial charge is 0.339 e. The lowest BCUT2D eigenvalue weighted by molar-refractivity contribution is -0.112. The average Bonchev–Trinajstić information content (AvgIpc) is 2.80. The topological polar surface area (TPSA) is 105 Å². The van der Waals surface area contributed by atoms with Gasteiger partial charge in [0, 0.05) is 5.69 Å². The number of hydrogen-bond acceptors (Lipinski definition) is 6. The molecule has 0 saturated heterocycles. The lowest BCUT2D eigenvalue weighted by Crippen LogP contribution is -2.13. The SMILES string of the molecule is COc1cc(/C=C(\C#N)C(=O)Nc2ccc(C)cc2)cc(I)c1OS(=O)(=O)c1ccccc1. The second-order valence-corrected chi connectivity index (χ2v) is 9.58. The second-order valence-electron chi connectivity index (χ2n) is 6.87. The van der Waals surface area contributed by atoms with Crippen molar-refractivity contribution in [2.24, 2.45) is 0 Å². The van der Waals surface area contributed by atoms with Crippen LogP contribution in [0, 0.1) is 21.8 Å². The summed E-state index contributed by atoms with van der Waals surface area (Å²) in [6.45, 7) is 1.93. The molecule has 1 N–H and O–H groups in total. The molecule has 1 amide bonds. The zero-order chi connectivity index (χ0) is 24.0. The van der Waals surface area contributed by atoms with Gasteiger partial charge in [-0.1, -0.05) is 35.9 Å². The number of anilines is 1. The van der Waals surface area contributed by atoms with Gasteiger partial charge in [-0.15, -0.1) is 0 Å². The number of carbonyl (C=O) groups is 1. The molecule has 0 saturated carbocycles. The van der Waals surface area contributed by atoms with Gasteiger partial charge in [0.2, 0.25) is 0 Å². The van der Waals surface area contributed by atoms with Crippen molar-refractivity contribution in [2.45, 2.75) is 11.8 Å². The number of halogens is 1. The summed E-state index contributed by atoms with van der Waals surface area (Å²) in [7, 11) is -2.71. The highest BCUT2D eigenvalue weighted by atomic mass is 127. The van der Waals surface area contributed by atoms with E-state index < -0.39 is 16.0 Å². The van der Waals surface area contributed by atoms with Crippen molar-refractivity contribution in [1.82, 2.24) is 0 Å². The molecule has 33 heavy (non-hydrogen) atoms. The Hall–Kier alpha value is -3.36. The lowest BCUT2D eigenvalue weighted by Gasteiger charge is -2.13. The van der Waals surface area contributed by atoms with E-state index in [4.69, 9.17) is 8.92 Å². The number of aryl methyl sites for hydroxylation is 1. The number of nitrogens with zero attached hydrogens (tertiary/aromatic N) is 1. The third kappa shape index (κ3) is 6.12. The molecule has 0 unspecified atom stereocenters. The molecule has 168 valence electrons. The minimum absolute atomic E-state index is 0.00590. The maximum atomic E-state index is 12.6. The zero-order valence-corrected chi connectivity index (χ0v) is 20.7. The van der Waals surface area contributed by atoms with Gasteiger partial charge in [0.1, 0.15) is 16.5 Å². The van der Waals surface area contributed by atoms with Crippen LogP contribution in [0.15, 0.2) is 77.2 Å². The van der Waals surface area contributed by atoms with Gasteiger partial charge in [0.05, 0.1) is 10.7 Å². The molecule has 0 aliphatic heterocycles. The van der Waals surface area contributed by atoms with Gasteiger partial charge in [0.15, 0.2) is 11.5 Å². The Morgan fingerprint density at radius 2 is 1.76 bits per heavy atom. The van der Waals surface area contributed by atoms with Crippen molar-refractivity contribution in [1.29, 1.82) is 5.26 Å². The van der Waals surface area contributed by atoms with Gasteiger partial charge in [-0.25, -0.2) is 0 Å². The number of amides is 1. The van der Waals surface area contributed by atoms with E-state index in [1.165, 1.54) is 31.4 Å². The first kappa shape index (κ1) is 24.3. The minimum atomic E-state index is -4.08. The molecule has 0 fully saturated rings. The summed E-state index contributed by atoms with van der Waals surface area (Å²) in [6, 6.07) is 19.9. The van der Waals surface area contributed by atoms with E-state index in [9.17, 15) is 18.5 Å². The highest BCUT2D eigenvalue weighted by Gasteiger charge is 2.22. The van der Waals surface area contributed by atoms with Crippen LogP contribution in [0.25, 0.3) is 6.08 Å². The standard InChI is InChI=1S/C24H19IN2O5S/c1-16-8-10-19(11-9-16)27-24(28)18(15-26)12-17-13-21(25)23(22(14-17)31-2)32-33(29,30)20-6-4-3-5-7-20/h3-14H,1-2H3,(H,27,28)/b18-12+. The van der Waals surface area contributed by atoms with E-state index in [-0.39, 0.29) is 22.0 Å². The molecule has 0 aromatic heterocycles. The fourth-order valence-electron chi connectivity index (χ4n) is 2.80. The Morgan fingerprint density at radius 1 is 1.09 bits per heavy atom. The fraction of sp³-hybridized carbons (Fsp3) is 0.0833. The molecular formula is C24H19IN2O5S. The number of hydrogen-bond donors (Lipinski definition) is 1. The Balaban J connectivity index is 1.90. The monoisotopic (exact) mass is 574 g/mol. The summed E-state index contributed by atoms with van der Waals surface area (Å²) in [4.78, 5) is 12.6. The van der Waals surface area contributed by atoms with Crippen molar-refractivity contribution < 1.29 is 22.1 Å². The fourth-order valence-corrected chi connectivity index (χ4v) is 4.66. The van der Waals surface area contributed by atoms with Gasteiger partial charge in [0.25, 0.3) is 5.91 Å². The number of rotatable bonds is 7. The summed E-state index contributed by atoms with van der Waals surface area (Å²) >= 11 is 1.91. The quantitative estimate of drug-likeness (QED) is 0.186. The largest absolute Gasteiger partial charge is 0.493 e. The Bertz CT molecular complexity index is 1350. The maximum absolute atomic E-state index is 12.6. The Labute approximate surface area is 205 Å². The van der Waals surface area contributed by atoms with Crippen LogP contribution < -0.4 is 14.2 Å². The molecule has 3 rings (SSSR count). The number of nitriles is 1. The summed E-state index contributed by atoms with van der Waals surface area (Å²) in [5.41, 5.74) is 1.95. The zero-order valence-electron chi connectivity index (χ0n) is 17.7. The highest BCUT2D eigenvalue weighted by Crippen LogP contribution is 2.36. The summed E-state index contributed by atoms with van der Waals surface area (Å²) in [6.07, 6.45) is 1.39.